The Balaban J connectivity index is 1.04. The fraction of sp³-hybridized carbons (Fsp3) is 0.610. The van der Waals surface area contributed by atoms with Gasteiger partial charge in [0.2, 0.25) is 0 Å². The van der Waals surface area contributed by atoms with Crippen molar-refractivity contribution in [2.45, 2.75) is 109 Å². The molecule has 250 valence electrons. The largest absolute Gasteiger partial charge is 0.467 e. The van der Waals surface area contributed by atoms with Gasteiger partial charge in [0.15, 0.2) is 0 Å². The van der Waals surface area contributed by atoms with Crippen LogP contribution in [-0.2, 0) is 31.9 Å². The molecule has 3 aliphatic rings. The number of carbonyl (C=O) groups is 2. The number of hydrogen-bond acceptors (Lipinski definition) is 5. The molecule has 5 rings (SSSR count). The van der Waals surface area contributed by atoms with Gasteiger partial charge in [-0.3, -0.25) is 4.79 Å². The first-order valence-electron chi connectivity index (χ1n) is 18.2. The van der Waals surface area contributed by atoms with Crippen LogP contribution in [0.3, 0.4) is 0 Å². The molecule has 0 spiro atoms. The number of benzene rings is 2. The van der Waals surface area contributed by atoms with Crippen molar-refractivity contribution in [3.63, 3.8) is 0 Å². The molecule has 5 heteroatoms. The fourth-order valence-electron chi connectivity index (χ4n) is 8.85. The second-order valence-corrected chi connectivity index (χ2v) is 14.6. The van der Waals surface area contributed by atoms with Gasteiger partial charge in [0.25, 0.3) is 6.47 Å². The van der Waals surface area contributed by atoms with Crippen molar-refractivity contribution in [1.29, 1.82) is 0 Å². The van der Waals surface area contributed by atoms with E-state index in [0.717, 1.165) is 49.9 Å². The molecular weight excluding hydrogens is 572 g/mol. The van der Waals surface area contributed by atoms with Crippen molar-refractivity contribution < 1.29 is 24.2 Å². The Morgan fingerprint density at radius 2 is 1.39 bits per heavy atom. The predicted octanol–water partition coefficient (Wildman–Crippen LogP) is 8.73. The van der Waals surface area contributed by atoms with E-state index >= 15 is 0 Å². The Morgan fingerprint density at radius 1 is 0.826 bits per heavy atom. The quantitative estimate of drug-likeness (QED) is 0.121. The zero-order valence-electron chi connectivity index (χ0n) is 28.0. The summed E-state index contributed by atoms with van der Waals surface area (Å²) in [5.74, 6) is 3.69. The van der Waals surface area contributed by atoms with Crippen molar-refractivity contribution in [2.75, 3.05) is 19.8 Å². The number of aliphatic hydroxyl groups is 1. The molecule has 0 aliphatic heterocycles. The van der Waals surface area contributed by atoms with Crippen LogP contribution in [0.2, 0.25) is 0 Å². The zero-order chi connectivity index (χ0) is 32.3. The number of fused-ring (bicyclic) bond motifs is 1. The monoisotopic (exact) mass is 628 g/mol. The van der Waals surface area contributed by atoms with E-state index in [0.29, 0.717) is 24.2 Å². The Labute approximate surface area is 277 Å². The summed E-state index contributed by atoms with van der Waals surface area (Å²) in [5, 5.41) is 9.12. The minimum Gasteiger partial charge on any atom is -0.467 e. The summed E-state index contributed by atoms with van der Waals surface area (Å²) in [6.45, 7) is 6.27. The smallest absolute Gasteiger partial charge is 0.335 e. The normalized spacial score (nSPS) is 26.8. The summed E-state index contributed by atoms with van der Waals surface area (Å²) in [4.78, 5) is 22.8. The molecule has 0 heterocycles. The molecule has 3 aliphatic carbocycles. The van der Waals surface area contributed by atoms with Gasteiger partial charge >= 0.3 is 5.97 Å². The Bertz CT molecular complexity index is 1240. The average Bonchev–Trinajstić information content (AvgIpc) is 3.11. The molecule has 5 unspecified atom stereocenters. The summed E-state index contributed by atoms with van der Waals surface area (Å²) < 4.78 is 10.4. The minimum absolute atomic E-state index is 0.0260. The fourth-order valence-corrected chi connectivity index (χ4v) is 8.85. The molecule has 2 aromatic rings. The van der Waals surface area contributed by atoms with Gasteiger partial charge in [0.1, 0.15) is 0 Å². The maximum atomic E-state index is 12.0. The Morgan fingerprint density at radius 3 is 1.91 bits per heavy atom. The highest BCUT2D eigenvalue weighted by atomic mass is 16.5. The third kappa shape index (κ3) is 9.33. The number of hydrogen-bond donors (Lipinski definition) is 1. The van der Waals surface area contributed by atoms with Crippen LogP contribution in [0.4, 0.5) is 0 Å². The first-order valence-corrected chi connectivity index (χ1v) is 18.2. The molecule has 2 aromatic carbocycles. The summed E-state index contributed by atoms with van der Waals surface area (Å²) in [7, 11) is 0. The first-order chi connectivity index (χ1) is 22.5. The topological polar surface area (TPSA) is 72.8 Å². The molecule has 0 bridgehead atoms. The van der Waals surface area contributed by atoms with Gasteiger partial charge in [-0.25, -0.2) is 4.79 Å². The van der Waals surface area contributed by atoms with Crippen LogP contribution in [0.5, 0.6) is 0 Å². The third-order valence-electron chi connectivity index (χ3n) is 11.7. The molecular formula is C41H56O5. The Kier molecular flexibility index (Phi) is 12.9. The van der Waals surface area contributed by atoms with Crippen molar-refractivity contribution in [3.8, 4) is 0 Å². The first kappa shape index (κ1) is 34.4. The van der Waals surface area contributed by atoms with E-state index in [2.05, 4.69) is 62.0 Å². The van der Waals surface area contributed by atoms with E-state index in [4.69, 9.17) is 14.6 Å². The highest BCUT2D eigenvalue weighted by molar-refractivity contribution is 5.87. The van der Waals surface area contributed by atoms with E-state index in [1.54, 1.807) is 11.1 Å². The van der Waals surface area contributed by atoms with Crippen LogP contribution >= 0.6 is 0 Å². The molecule has 46 heavy (non-hydrogen) atoms. The molecule has 3 fully saturated rings. The molecule has 5 nitrogen and oxygen atoms in total. The van der Waals surface area contributed by atoms with Crippen LogP contribution in [-0.4, -0.2) is 37.4 Å². The van der Waals surface area contributed by atoms with Crippen molar-refractivity contribution in [2.24, 2.45) is 29.6 Å². The van der Waals surface area contributed by atoms with Gasteiger partial charge in [-0.05, 0) is 128 Å². The van der Waals surface area contributed by atoms with Crippen LogP contribution < -0.4 is 0 Å². The lowest BCUT2D eigenvalue weighted by Gasteiger charge is -2.42. The lowest BCUT2D eigenvalue weighted by molar-refractivity contribution is -0.143. The third-order valence-corrected chi connectivity index (χ3v) is 11.7. The second-order valence-electron chi connectivity index (χ2n) is 14.6. The highest BCUT2D eigenvalue weighted by Gasteiger charge is 2.36. The Hall–Kier alpha value is -2.92. The number of esters is 1. The SMILES string of the molecule is C=C(CO)C(=O)OCC(COC=O)C1CCC(CCc2ccc(C3CCC4CC(c5ccc(CCC)cc5)CCC4C3)cc2)CC1. The highest BCUT2D eigenvalue weighted by Crippen LogP contribution is 2.50. The van der Waals surface area contributed by atoms with E-state index in [1.165, 1.54) is 68.9 Å². The molecule has 1 N–H and O–H groups in total. The van der Waals surface area contributed by atoms with Crippen molar-refractivity contribution in [1.82, 2.24) is 0 Å². The number of carbonyl (C=O) groups excluding carboxylic acids is 2. The second kappa shape index (κ2) is 17.3. The van der Waals surface area contributed by atoms with Crippen LogP contribution in [0, 0.1) is 29.6 Å². The molecule has 5 atom stereocenters. The maximum Gasteiger partial charge on any atom is 0.335 e. The number of rotatable bonds is 15. The van der Waals surface area contributed by atoms with Crippen molar-refractivity contribution in [3.05, 3.63) is 82.9 Å². The van der Waals surface area contributed by atoms with Gasteiger partial charge in [-0.15, -0.1) is 0 Å². The number of aliphatic hydroxyl groups excluding tert-OH is 1. The standard InChI is InChI=1S/C41H56O5/c1-3-4-30-7-13-33(14-8-30)36-19-21-39-24-37(20-22-38(39)23-36)34-15-9-31(10-16-34)5-6-32-11-17-35(18-12-32)40(26-45-28-43)27-46-41(44)29(2)25-42/h7-10,13-16,28,32,35-40,42H,2-6,11-12,17-27H2,1H3. The summed E-state index contributed by atoms with van der Waals surface area (Å²) in [6.07, 6.45) is 17.3. The van der Waals surface area contributed by atoms with Crippen LogP contribution in [0.15, 0.2) is 60.7 Å². The van der Waals surface area contributed by atoms with Gasteiger partial charge in [0.05, 0.1) is 25.4 Å². The van der Waals surface area contributed by atoms with E-state index in [-0.39, 0.29) is 24.7 Å². The van der Waals surface area contributed by atoms with Gasteiger partial charge < -0.3 is 14.6 Å². The van der Waals surface area contributed by atoms with Crippen LogP contribution in [0.25, 0.3) is 0 Å². The van der Waals surface area contributed by atoms with Crippen molar-refractivity contribution >= 4 is 12.4 Å². The summed E-state index contributed by atoms with van der Waals surface area (Å²) in [6, 6.07) is 19.2. The lowest BCUT2D eigenvalue weighted by Crippen LogP contribution is -2.30. The number of ether oxygens (including phenoxy) is 2. The van der Waals surface area contributed by atoms with Gasteiger partial charge in [-0.2, -0.15) is 0 Å². The number of aryl methyl sites for hydroxylation is 2. The van der Waals surface area contributed by atoms with E-state index < -0.39 is 12.6 Å². The average molecular weight is 629 g/mol. The van der Waals surface area contributed by atoms with Gasteiger partial charge in [0, 0.05) is 5.92 Å². The molecule has 0 amide bonds. The lowest BCUT2D eigenvalue weighted by atomic mass is 9.63. The van der Waals surface area contributed by atoms with Crippen LogP contribution in [0.1, 0.15) is 118 Å². The minimum atomic E-state index is -0.586. The molecule has 3 saturated carbocycles. The molecule has 0 radical (unpaired) electrons. The van der Waals surface area contributed by atoms with E-state index in [1.807, 2.05) is 0 Å². The predicted molar refractivity (Wildman–Crippen MR) is 184 cm³/mol. The molecule has 0 aromatic heterocycles. The van der Waals surface area contributed by atoms with Gasteiger partial charge in [-0.1, -0.05) is 81.3 Å². The summed E-state index contributed by atoms with van der Waals surface area (Å²) in [5.41, 5.74) is 6.08. The summed E-state index contributed by atoms with van der Waals surface area (Å²) >= 11 is 0. The zero-order valence-corrected chi connectivity index (χ0v) is 28.0. The van der Waals surface area contributed by atoms with E-state index in [9.17, 15) is 9.59 Å². The molecule has 0 saturated heterocycles. The maximum absolute atomic E-state index is 12.0.